The molecule has 0 bridgehead atoms. The maximum absolute atomic E-state index is 12.8. The number of carbonyl (C=O) groups excluding carboxylic acids is 3. The minimum absolute atomic E-state index is 0.0814. The van der Waals surface area contributed by atoms with Crippen LogP contribution in [0.2, 0.25) is 0 Å². The normalized spacial score (nSPS) is 12.8. The highest BCUT2D eigenvalue weighted by atomic mass is 16.6. The zero-order valence-electron chi connectivity index (χ0n) is 46.5. The van der Waals surface area contributed by atoms with Gasteiger partial charge in [0.25, 0.3) is 0 Å². The Balaban J connectivity index is 4.11. The summed E-state index contributed by atoms with van der Waals surface area (Å²) in [5, 5.41) is 0. The Bertz CT molecular complexity index is 1410. The maximum Gasteiger partial charge on any atom is 0.306 e. The summed E-state index contributed by atoms with van der Waals surface area (Å²) in [7, 11) is 0. The van der Waals surface area contributed by atoms with Crippen molar-refractivity contribution in [2.24, 2.45) is 0 Å². The Kier molecular flexibility index (Phi) is 55.9. The van der Waals surface area contributed by atoms with Crippen LogP contribution in [0.1, 0.15) is 278 Å². The van der Waals surface area contributed by atoms with Crippen LogP contribution < -0.4 is 0 Å². The number of hydrogen-bond donors (Lipinski definition) is 0. The van der Waals surface area contributed by atoms with E-state index in [0.29, 0.717) is 19.3 Å². The van der Waals surface area contributed by atoms with E-state index in [0.717, 1.165) is 122 Å². The Morgan fingerprint density at radius 3 is 0.873 bits per heavy atom. The molecule has 6 nitrogen and oxygen atoms in total. The van der Waals surface area contributed by atoms with E-state index in [1.165, 1.54) is 116 Å². The van der Waals surface area contributed by atoms with Crippen molar-refractivity contribution in [2.45, 2.75) is 284 Å². The molecule has 0 N–H and O–H groups in total. The first-order valence-electron chi connectivity index (χ1n) is 29.7. The van der Waals surface area contributed by atoms with Crippen molar-refractivity contribution in [3.05, 3.63) is 97.2 Å². The summed E-state index contributed by atoms with van der Waals surface area (Å²) in [6, 6.07) is 0. The Labute approximate surface area is 438 Å². The summed E-state index contributed by atoms with van der Waals surface area (Å²) in [6.45, 7) is 6.46. The van der Waals surface area contributed by atoms with E-state index in [1.807, 2.05) is 0 Å². The fourth-order valence-corrected chi connectivity index (χ4v) is 8.12. The van der Waals surface area contributed by atoms with Gasteiger partial charge in [0.15, 0.2) is 6.10 Å². The second-order valence-electron chi connectivity index (χ2n) is 19.5. The van der Waals surface area contributed by atoms with Crippen molar-refractivity contribution >= 4 is 17.9 Å². The third-order valence-corrected chi connectivity index (χ3v) is 12.6. The van der Waals surface area contributed by atoms with Crippen molar-refractivity contribution in [1.82, 2.24) is 0 Å². The third-order valence-electron chi connectivity index (χ3n) is 12.6. The van der Waals surface area contributed by atoms with Crippen LogP contribution in [0.3, 0.4) is 0 Å². The van der Waals surface area contributed by atoms with Crippen LogP contribution in [0.15, 0.2) is 97.2 Å². The standard InChI is InChI=1S/C65H110O6/c1-4-7-10-13-16-18-20-22-24-26-27-28-29-30-31-32-33-34-35-36-37-38-39-40-42-43-45-47-49-52-55-58-64(67)70-61-62(60-69-63(66)57-54-51-15-12-9-6-3)71-65(68)59-56-53-50-48-46-44-41-25-23-21-19-17-14-11-8-5-2/h7,10,16,18,22,24-25,27-28,30-31,33-34,36-37,41,62H,4-6,8-9,11-15,17,19-21,23,26,29,32,35,38-40,42-61H2,1-3H3/b10-7-,18-16-,24-22-,28-27-,31-30-,34-33-,37-36-,41-25-. The molecule has 0 aliphatic rings. The van der Waals surface area contributed by atoms with E-state index in [9.17, 15) is 14.4 Å². The molecular weight excluding hydrogens is 877 g/mol. The van der Waals surface area contributed by atoms with E-state index in [-0.39, 0.29) is 31.1 Å². The zero-order valence-corrected chi connectivity index (χ0v) is 46.5. The maximum atomic E-state index is 12.8. The number of rotatable bonds is 53. The summed E-state index contributed by atoms with van der Waals surface area (Å²) in [5.41, 5.74) is 0. The monoisotopic (exact) mass is 987 g/mol. The Morgan fingerprint density at radius 1 is 0.296 bits per heavy atom. The van der Waals surface area contributed by atoms with E-state index in [4.69, 9.17) is 14.2 Å². The van der Waals surface area contributed by atoms with Gasteiger partial charge in [0.2, 0.25) is 0 Å². The predicted octanol–water partition coefficient (Wildman–Crippen LogP) is 20.1. The van der Waals surface area contributed by atoms with Crippen LogP contribution in [0.25, 0.3) is 0 Å². The lowest BCUT2D eigenvalue weighted by Crippen LogP contribution is -2.30. The van der Waals surface area contributed by atoms with Crippen LogP contribution in [0.4, 0.5) is 0 Å². The molecule has 0 amide bonds. The number of carbonyl (C=O) groups is 3. The average Bonchev–Trinajstić information content (AvgIpc) is 3.37. The highest BCUT2D eigenvalue weighted by molar-refractivity contribution is 5.71. The second kappa shape index (κ2) is 58.9. The first-order valence-corrected chi connectivity index (χ1v) is 29.7. The quantitative estimate of drug-likeness (QED) is 0.0261. The predicted molar refractivity (Wildman–Crippen MR) is 307 cm³/mol. The molecule has 0 aliphatic heterocycles. The SMILES string of the molecule is CC/C=C\C/C=C\C/C=C\C/C=C\C/C=C\C/C=C\C/C=C\CCCCCCCCCCCC(=O)OCC(COC(=O)CCCCCCCC)OC(=O)CCCCCCC/C=C\CCCCCCCCC. The van der Waals surface area contributed by atoms with Gasteiger partial charge < -0.3 is 14.2 Å². The molecule has 0 radical (unpaired) electrons. The second-order valence-corrected chi connectivity index (χ2v) is 19.5. The van der Waals surface area contributed by atoms with Crippen molar-refractivity contribution in [2.75, 3.05) is 13.2 Å². The van der Waals surface area contributed by atoms with E-state index < -0.39 is 6.10 Å². The minimum Gasteiger partial charge on any atom is -0.462 e. The molecule has 0 rings (SSSR count). The van der Waals surface area contributed by atoms with Gasteiger partial charge in [-0.1, -0.05) is 253 Å². The van der Waals surface area contributed by atoms with Gasteiger partial charge in [-0.15, -0.1) is 0 Å². The summed E-state index contributed by atoms with van der Waals surface area (Å²) in [6.07, 6.45) is 78.7. The molecule has 0 saturated carbocycles. The molecule has 0 fully saturated rings. The van der Waals surface area contributed by atoms with Crippen LogP contribution in [-0.4, -0.2) is 37.2 Å². The topological polar surface area (TPSA) is 78.9 Å². The van der Waals surface area contributed by atoms with E-state index in [2.05, 4.69) is 118 Å². The lowest BCUT2D eigenvalue weighted by Gasteiger charge is -2.18. The lowest BCUT2D eigenvalue weighted by molar-refractivity contribution is -0.167. The molecular formula is C65H110O6. The van der Waals surface area contributed by atoms with E-state index >= 15 is 0 Å². The molecule has 0 aliphatic carbocycles. The Morgan fingerprint density at radius 2 is 0.549 bits per heavy atom. The van der Waals surface area contributed by atoms with Gasteiger partial charge in [-0.05, 0) is 103 Å². The van der Waals surface area contributed by atoms with Gasteiger partial charge in [-0.25, -0.2) is 0 Å². The van der Waals surface area contributed by atoms with Gasteiger partial charge in [0, 0.05) is 19.3 Å². The van der Waals surface area contributed by atoms with Crippen LogP contribution in [0.5, 0.6) is 0 Å². The third kappa shape index (κ3) is 57.1. The molecule has 406 valence electrons. The van der Waals surface area contributed by atoms with E-state index in [1.54, 1.807) is 0 Å². The number of esters is 3. The molecule has 0 aromatic rings. The first-order chi connectivity index (χ1) is 35.0. The van der Waals surface area contributed by atoms with Crippen LogP contribution in [-0.2, 0) is 28.6 Å². The fraction of sp³-hybridized carbons (Fsp3) is 0.708. The Hall–Kier alpha value is -3.67. The molecule has 0 saturated heterocycles. The van der Waals surface area contributed by atoms with Crippen molar-refractivity contribution in [3.8, 4) is 0 Å². The fourth-order valence-electron chi connectivity index (χ4n) is 8.12. The highest BCUT2D eigenvalue weighted by Gasteiger charge is 2.19. The summed E-state index contributed by atoms with van der Waals surface area (Å²) in [4.78, 5) is 37.9. The summed E-state index contributed by atoms with van der Waals surface area (Å²) >= 11 is 0. The number of unbranched alkanes of at least 4 members (excludes halogenated alkanes) is 26. The molecule has 0 heterocycles. The molecule has 0 spiro atoms. The zero-order chi connectivity index (χ0) is 51.4. The van der Waals surface area contributed by atoms with Gasteiger partial charge >= 0.3 is 17.9 Å². The number of hydrogen-bond acceptors (Lipinski definition) is 6. The van der Waals surface area contributed by atoms with Crippen LogP contribution >= 0.6 is 0 Å². The molecule has 71 heavy (non-hydrogen) atoms. The molecule has 1 atom stereocenters. The van der Waals surface area contributed by atoms with Gasteiger partial charge in [-0.2, -0.15) is 0 Å². The van der Waals surface area contributed by atoms with Crippen molar-refractivity contribution < 1.29 is 28.6 Å². The van der Waals surface area contributed by atoms with Gasteiger partial charge in [0.1, 0.15) is 13.2 Å². The molecule has 6 heteroatoms. The summed E-state index contributed by atoms with van der Waals surface area (Å²) < 4.78 is 16.7. The highest BCUT2D eigenvalue weighted by Crippen LogP contribution is 2.15. The average molecular weight is 988 g/mol. The van der Waals surface area contributed by atoms with Crippen molar-refractivity contribution in [1.29, 1.82) is 0 Å². The molecule has 1 unspecified atom stereocenters. The number of ether oxygens (including phenoxy) is 3. The lowest BCUT2D eigenvalue weighted by atomic mass is 10.1. The summed E-state index contributed by atoms with van der Waals surface area (Å²) in [5.74, 6) is -0.902. The van der Waals surface area contributed by atoms with Gasteiger partial charge in [0.05, 0.1) is 0 Å². The van der Waals surface area contributed by atoms with Crippen LogP contribution in [0, 0.1) is 0 Å². The smallest absolute Gasteiger partial charge is 0.306 e. The molecule has 0 aromatic carbocycles. The number of allylic oxidation sites excluding steroid dienone is 16. The van der Waals surface area contributed by atoms with Crippen molar-refractivity contribution in [3.63, 3.8) is 0 Å². The minimum atomic E-state index is -0.780. The first kappa shape index (κ1) is 67.3. The largest absolute Gasteiger partial charge is 0.462 e. The van der Waals surface area contributed by atoms with Gasteiger partial charge in [-0.3, -0.25) is 14.4 Å². The molecule has 0 aromatic heterocycles.